The Hall–Kier alpha value is -1.89. The van der Waals surface area contributed by atoms with Crippen molar-refractivity contribution >= 4 is 17.7 Å². The maximum Gasteiger partial charge on any atom is 1.00 e. The summed E-state index contributed by atoms with van der Waals surface area (Å²) in [7, 11) is 0. The van der Waals surface area contributed by atoms with Crippen molar-refractivity contribution in [2.75, 3.05) is 11.4 Å². The van der Waals surface area contributed by atoms with Crippen molar-refractivity contribution in [2.45, 2.75) is 51.9 Å². The van der Waals surface area contributed by atoms with Crippen LogP contribution < -0.4 is 50.4 Å². The molecular formula is C22H24NNaO5. The Kier molecular flexibility index (Phi) is 7.14. The van der Waals surface area contributed by atoms with Gasteiger partial charge in [-0.05, 0) is 43.2 Å². The van der Waals surface area contributed by atoms with Crippen LogP contribution in [0, 0.1) is 6.92 Å². The summed E-state index contributed by atoms with van der Waals surface area (Å²) in [6.45, 7) is 6.74. The van der Waals surface area contributed by atoms with Gasteiger partial charge in [0.15, 0.2) is 0 Å². The van der Waals surface area contributed by atoms with Gasteiger partial charge in [-0.3, -0.25) is 14.4 Å². The standard InChI is InChI=1S/C22H25NO5.Na/c1-13-8-9-16-15(11-13)22(2,3)17(12-14-19(26)21(28)20(14)27)23(16)10-6-4-5-7-18(24)25;/h8-9,11-12,26H,4-7,10H2,1-3H3,(H,24,25);/q;+1/p-1. The molecule has 0 fully saturated rings. The number of hydrogen-bond acceptors (Lipinski definition) is 5. The van der Waals surface area contributed by atoms with Gasteiger partial charge in [0.25, 0.3) is 0 Å². The zero-order valence-electron chi connectivity index (χ0n) is 17.4. The van der Waals surface area contributed by atoms with E-state index in [4.69, 9.17) is 5.11 Å². The molecule has 0 saturated carbocycles. The Balaban J connectivity index is 0.00000300. The smallest absolute Gasteiger partial charge is 0.869 e. The van der Waals surface area contributed by atoms with E-state index in [2.05, 4.69) is 11.0 Å². The van der Waals surface area contributed by atoms with Gasteiger partial charge >= 0.3 is 35.5 Å². The first-order valence-corrected chi connectivity index (χ1v) is 9.47. The summed E-state index contributed by atoms with van der Waals surface area (Å²) in [4.78, 5) is 36.0. The van der Waals surface area contributed by atoms with Crippen molar-refractivity contribution in [1.29, 1.82) is 0 Å². The van der Waals surface area contributed by atoms with Gasteiger partial charge in [0.05, 0.1) is 0 Å². The van der Waals surface area contributed by atoms with Crippen LogP contribution in [0.2, 0.25) is 0 Å². The zero-order chi connectivity index (χ0) is 20.6. The monoisotopic (exact) mass is 405 g/mol. The van der Waals surface area contributed by atoms with E-state index in [1.165, 1.54) is 0 Å². The molecule has 3 rings (SSSR count). The van der Waals surface area contributed by atoms with Crippen molar-refractivity contribution in [3.05, 3.63) is 61.0 Å². The van der Waals surface area contributed by atoms with E-state index in [0.29, 0.717) is 13.0 Å². The minimum atomic E-state index is -0.948. The first-order valence-electron chi connectivity index (χ1n) is 9.47. The van der Waals surface area contributed by atoms with Crippen LogP contribution in [-0.2, 0) is 10.2 Å². The molecule has 148 valence electrons. The number of carbonyl (C=O) groups is 1. The van der Waals surface area contributed by atoms with Gasteiger partial charge in [0.1, 0.15) is 0 Å². The number of benzene rings is 1. The SMILES string of the molecule is Cc1ccc2c(c1)C(C)(C)C(=Cc1c([O-])c(=O)c1=O)N2CCCCCC(=O)O.[Na+]. The minimum absolute atomic E-state index is 0. The Morgan fingerprint density at radius 2 is 1.86 bits per heavy atom. The molecule has 1 N–H and O–H groups in total. The number of carboxylic acids is 1. The second-order valence-corrected chi connectivity index (χ2v) is 7.93. The summed E-state index contributed by atoms with van der Waals surface area (Å²) >= 11 is 0. The fraction of sp³-hybridized carbons (Fsp3) is 0.409. The van der Waals surface area contributed by atoms with Crippen LogP contribution in [0.4, 0.5) is 5.69 Å². The fourth-order valence-corrected chi connectivity index (χ4v) is 3.87. The summed E-state index contributed by atoms with van der Waals surface area (Å²) in [5, 5.41) is 20.6. The molecule has 7 heteroatoms. The molecule has 0 aromatic heterocycles. The molecule has 0 atom stereocenters. The zero-order valence-corrected chi connectivity index (χ0v) is 19.4. The summed E-state index contributed by atoms with van der Waals surface area (Å²) in [6, 6.07) is 6.16. The molecule has 0 aliphatic carbocycles. The maximum absolute atomic E-state index is 11.8. The van der Waals surface area contributed by atoms with Crippen LogP contribution in [0.1, 0.15) is 56.2 Å². The van der Waals surface area contributed by atoms with Crippen LogP contribution in [0.25, 0.3) is 6.08 Å². The molecule has 0 amide bonds. The minimum Gasteiger partial charge on any atom is -0.869 e. The summed E-state index contributed by atoms with van der Waals surface area (Å²) in [6.07, 6.45) is 3.87. The normalized spacial score (nSPS) is 16.1. The number of fused-ring (bicyclic) bond motifs is 1. The van der Waals surface area contributed by atoms with E-state index in [0.717, 1.165) is 35.4 Å². The Morgan fingerprint density at radius 1 is 1.17 bits per heavy atom. The number of hydrogen-bond donors (Lipinski definition) is 1. The van der Waals surface area contributed by atoms with E-state index < -0.39 is 28.0 Å². The molecule has 2 aromatic carbocycles. The first kappa shape index (κ1) is 23.4. The molecule has 0 radical (unpaired) electrons. The summed E-state index contributed by atoms with van der Waals surface area (Å²) < 4.78 is 0. The average molecular weight is 405 g/mol. The first-order chi connectivity index (χ1) is 13.1. The van der Waals surface area contributed by atoms with Crippen LogP contribution in [0.3, 0.4) is 0 Å². The molecule has 6 nitrogen and oxygen atoms in total. The van der Waals surface area contributed by atoms with Gasteiger partial charge in [-0.25, -0.2) is 0 Å². The second kappa shape index (κ2) is 8.86. The topological polar surface area (TPSA) is 97.7 Å². The van der Waals surface area contributed by atoms with Gasteiger partial charge < -0.3 is 15.1 Å². The summed E-state index contributed by atoms with van der Waals surface area (Å²) in [5.74, 6) is -1.52. The van der Waals surface area contributed by atoms with Crippen LogP contribution in [0.5, 0.6) is 5.75 Å². The molecule has 0 unspecified atom stereocenters. The van der Waals surface area contributed by atoms with Crippen LogP contribution in [-0.4, -0.2) is 17.6 Å². The van der Waals surface area contributed by atoms with Gasteiger partial charge in [-0.2, -0.15) is 0 Å². The predicted octanol–water partition coefficient (Wildman–Crippen LogP) is -0.548. The Labute approximate surface area is 191 Å². The van der Waals surface area contributed by atoms with E-state index >= 15 is 0 Å². The van der Waals surface area contributed by atoms with Crippen molar-refractivity contribution in [3.63, 3.8) is 0 Å². The molecule has 2 aromatic rings. The number of allylic oxidation sites excluding steroid dienone is 1. The third kappa shape index (κ3) is 4.34. The van der Waals surface area contributed by atoms with Crippen molar-refractivity contribution in [1.82, 2.24) is 0 Å². The predicted molar refractivity (Wildman–Crippen MR) is 106 cm³/mol. The van der Waals surface area contributed by atoms with Crippen molar-refractivity contribution < 1.29 is 44.6 Å². The molecule has 1 aliphatic heterocycles. The second-order valence-electron chi connectivity index (χ2n) is 7.93. The van der Waals surface area contributed by atoms with E-state index in [1.807, 2.05) is 32.9 Å². The molecule has 1 heterocycles. The number of unbranched alkanes of at least 4 members (excludes halogenated alkanes) is 2. The number of carboxylic acid groups (broad SMARTS) is 1. The average Bonchev–Trinajstić information content (AvgIpc) is 2.84. The van der Waals surface area contributed by atoms with Crippen LogP contribution in [0.15, 0.2) is 33.5 Å². The largest absolute Gasteiger partial charge is 1.00 e. The van der Waals surface area contributed by atoms with E-state index in [-0.39, 0.29) is 41.5 Å². The third-order valence-electron chi connectivity index (χ3n) is 5.50. The van der Waals surface area contributed by atoms with E-state index in [1.54, 1.807) is 6.08 Å². The molecule has 1 aliphatic rings. The van der Waals surface area contributed by atoms with Crippen molar-refractivity contribution in [2.24, 2.45) is 0 Å². The number of rotatable bonds is 7. The fourth-order valence-electron chi connectivity index (χ4n) is 3.87. The molecule has 0 spiro atoms. The number of anilines is 1. The molecule has 0 bridgehead atoms. The molecule has 0 saturated heterocycles. The number of aliphatic carboxylic acids is 1. The van der Waals surface area contributed by atoms with Gasteiger partial charge in [0, 0.05) is 35.3 Å². The van der Waals surface area contributed by atoms with Gasteiger partial charge in [-0.15, -0.1) is 0 Å². The molecular weight excluding hydrogens is 381 g/mol. The number of nitrogens with zero attached hydrogens (tertiary/aromatic N) is 1. The maximum atomic E-state index is 11.8. The third-order valence-corrected chi connectivity index (χ3v) is 5.50. The van der Waals surface area contributed by atoms with Crippen LogP contribution >= 0.6 is 0 Å². The number of aryl methyl sites for hydroxylation is 1. The van der Waals surface area contributed by atoms with Gasteiger partial charge in [0.2, 0.25) is 10.9 Å². The quantitative estimate of drug-likeness (QED) is 0.377. The Morgan fingerprint density at radius 3 is 2.48 bits per heavy atom. The molecule has 29 heavy (non-hydrogen) atoms. The summed E-state index contributed by atoms with van der Waals surface area (Å²) in [5.41, 5.74) is 1.92. The Bertz CT molecular complexity index is 1030. The van der Waals surface area contributed by atoms with E-state index in [9.17, 15) is 19.5 Å². The van der Waals surface area contributed by atoms with Crippen molar-refractivity contribution in [3.8, 4) is 5.75 Å². The van der Waals surface area contributed by atoms with Gasteiger partial charge in [-0.1, -0.05) is 38.0 Å².